The van der Waals surface area contributed by atoms with Crippen LogP contribution in [0.3, 0.4) is 0 Å². The number of anilines is 3. The molecule has 4 heterocycles. The quantitative estimate of drug-likeness (QED) is 0.537. The van der Waals surface area contributed by atoms with Crippen molar-refractivity contribution in [3.8, 4) is 0 Å². The highest BCUT2D eigenvalue weighted by Gasteiger charge is 2.27. The summed E-state index contributed by atoms with van der Waals surface area (Å²) in [5.74, 6) is 1.28. The minimum Gasteiger partial charge on any atom is -0.379 e. The molecule has 0 spiro atoms. The Kier molecular flexibility index (Phi) is 8.42. The molecule has 3 saturated heterocycles. The number of rotatable bonds is 7. The number of carbonyl (C=O) groups excluding carboxylic acids is 1. The third-order valence-corrected chi connectivity index (χ3v) is 8.93. The number of hydrogen-bond acceptors (Lipinski definition) is 9. The van der Waals surface area contributed by atoms with Gasteiger partial charge in [-0.1, -0.05) is 0 Å². The highest BCUT2D eigenvalue weighted by molar-refractivity contribution is 7.88. The van der Waals surface area contributed by atoms with Gasteiger partial charge in [-0.25, -0.2) is 17.7 Å². The van der Waals surface area contributed by atoms with Crippen molar-refractivity contribution in [2.24, 2.45) is 0 Å². The topological polar surface area (TPSA) is 120 Å². The lowest BCUT2D eigenvalue weighted by atomic mass is 10.0. The third-order valence-electron chi connectivity index (χ3n) is 7.63. The lowest BCUT2D eigenvalue weighted by Crippen LogP contribution is -2.49. The standard InChI is InChI=1S/C26H37N7O4S/c1-38(35,36)33-14-7-22(8-15-33)29-25(34)20-2-4-21(5-3-20)28-24-6-11-27-26(30-24)32-12-9-23(10-13-32)31-16-18-37-19-17-31/h2-6,11,22-23H,7-10,12-19H2,1H3,(H,29,34)(H,27,28,30). The molecule has 3 fully saturated rings. The third kappa shape index (κ3) is 6.79. The zero-order valence-electron chi connectivity index (χ0n) is 21.9. The van der Waals surface area contributed by atoms with E-state index in [1.165, 1.54) is 10.6 Å². The van der Waals surface area contributed by atoms with Crippen molar-refractivity contribution in [1.82, 2.24) is 24.5 Å². The van der Waals surface area contributed by atoms with Crippen molar-refractivity contribution in [1.29, 1.82) is 0 Å². The molecule has 1 amide bonds. The minimum absolute atomic E-state index is 0.0309. The smallest absolute Gasteiger partial charge is 0.251 e. The molecule has 206 valence electrons. The molecule has 3 aliphatic rings. The Morgan fingerprint density at radius 2 is 1.63 bits per heavy atom. The summed E-state index contributed by atoms with van der Waals surface area (Å²) in [6.07, 6.45) is 6.41. The van der Waals surface area contributed by atoms with Gasteiger partial charge in [0.15, 0.2) is 0 Å². The van der Waals surface area contributed by atoms with Crippen LogP contribution in [0.2, 0.25) is 0 Å². The number of nitrogens with one attached hydrogen (secondary N) is 2. The van der Waals surface area contributed by atoms with Crippen molar-refractivity contribution in [2.75, 3.05) is 69.0 Å². The van der Waals surface area contributed by atoms with Gasteiger partial charge < -0.3 is 20.3 Å². The fourth-order valence-corrected chi connectivity index (χ4v) is 6.27. The summed E-state index contributed by atoms with van der Waals surface area (Å²) < 4.78 is 30.3. The zero-order chi connectivity index (χ0) is 26.5. The van der Waals surface area contributed by atoms with Crippen molar-refractivity contribution in [2.45, 2.75) is 37.8 Å². The van der Waals surface area contributed by atoms with Crippen molar-refractivity contribution >= 4 is 33.4 Å². The summed E-state index contributed by atoms with van der Waals surface area (Å²) in [5, 5.41) is 6.34. The van der Waals surface area contributed by atoms with Crippen molar-refractivity contribution in [3.05, 3.63) is 42.1 Å². The number of ether oxygens (including phenoxy) is 1. The molecule has 12 heteroatoms. The molecule has 2 aromatic rings. The molecule has 0 saturated carbocycles. The Hall–Kier alpha value is -2.80. The lowest BCUT2D eigenvalue weighted by Gasteiger charge is -2.40. The second-order valence-corrected chi connectivity index (χ2v) is 12.2. The molecule has 11 nitrogen and oxygen atoms in total. The Bertz CT molecular complexity index is 1190. The molecule has 5 rings (SSSR count). The number of sulfonamides is 1. The van der Waals surface area contributed by atoms with E-state index in [2.05, 4.69) is 25.4 Å². The van der Waals surface area contributed by atoms with Crippen molar-refractivity contribution in [3.63, 3.8) is 0 Å². The molecule has 38 heavy (non-hydrogen) atoms. The van der Waals surface area contributed by atoms with Gasteiger partial charge in [0.1, 0.15) is 5.82 Å². The Morgan fingerprint density at radius 1 is 0.947 bits per heavy atom. The number of hydrogen-bond donors (Lipinski definition) is 2. The van der Waals surface area contributed by atoms with Crippen LogP contribution in [0.1, 0.15) is 36.0 Å². The fraction of sp³-hybridized carbons (Fsp3) is 0.577. The summed E-state index contributed by atoms with van der Waals surface area (Å²) >= 11 is 0. The predicted molar refractivity (Wildman–Crippen MR) is 146 cm³/mol. The molecule has 0 unspecified atom stereocenters. The van der Waals surface area contributed by atoms with Crippen LogP contribution in [0, 0.1) is 0 Å². The highest BCUT2D eigenvalue weighted by Crippen LogP contribution is 2.23. The van der Waals surface area contributed by atoms with E-state index in [1.54, 1.807) is 18.3 Å². The van der Waals surface area contributed by atoms with Crippen LogP contribution in [0.4, 0.5) is 17.5 Å². The summed E-state index contributed by atoms with van der Waals surface area (Å²) in [6, 6.07) is 9.69. The van der Waals surface area contributed by atoms with Gasteiger partial charge in [-0.15, -0.1) is 0 Å². The summed E-state index contributed by atoms with van der Waals surface area (Å²) in [4.78, 5) is 26.7. The van der Waals surface area contributed by atoms with E-state index in [9.17, 15) is 13.2 Å². The molecular formula is C26H37N7O4S. The van der Waals surface area contributed by atoms with E-state index in [1.807, 2.05) is 18.2 Å². The average molecular weight is 544 g/mol. The van der Waals surface area contributed by atoms with Crippen LogP contribution in [0.15, 0.2) is 36.5 Å². The van der Waals surface area contributed by atoms with E-state index >= 15 is 0 Å². The molecular weight excluding hydrogens is 506 g/mol. The fourth-order valence-electron chi connectivity index (χ4n) is 5.40. The van der Waals surface area contributed by atoms with Gasteiger partial charge in [0.25, 0.3) is 5.91 Å². The highest BCUT2D eigenvalue weighted by atomic mass is 32.2. The first kappa shape index (κ1) is 26.8. The molecule has 1 aromatic heterocycles. The largest absolute Gasteiger partial charge is 0.379 e. The zero-order valence-corrected chi connectivity index (χ0v) is 22.7. The summed E-state index contributed by atoms with van der Waals surface area (Å²) in [7, 11) is -3.18. The molecule has 0 radical (unpaired) electrons. The number of morpholine rings is 1. The normalized spacial score (nSPS) is 20.8. The number of benzene rings is 1. The van der Waals surface area contributed by atoms with Gasteiger partial charge in [-0.05, 0) is 56.0 Å². The first-order valence-electron chi connectivity index (χ1n) is 13.4. The minimum atomic E-state index is -3.18. The van der Waals surface area contributed by atoms with E-state index in [-0.39, 0.29) is 11.9 Å². The predicted octanol–water partition coefficient (Wildman–Crippen LogP) is 1.68. The average Bonchev–Trinajstić information content (AvgIpc) is 2.94. The molecule has 3 aliphatic heterocycles. The maximum absolute atomic E-state index is 12.7. The second-order valence-electron chi connectivity index (χ2n) is 10.2. The lowest BCUT2D eigenvalue weighted by molar-refractivity contribution is 0.0114. The van der Waals surface area contributed by atoms with Gasteiger partial charge in [0.05, 0.1) is 19.5 Å². The van der Waals surface area contributed by atoms with Crippen molar-refractivity contribution < 1.29 is 17.9 Å². The van der Waals surface area contributed by atoms with Gasteiger partial charge in [-0.3, -0.25) is 9.69 Å². The monoisotopic (exact) mass is 543 g/mol. The van der Waals surface area contributed by atoms with Crippen LogP contribution < -0.4 is 15.5 Å². The van der Waals surface area contributed by atoms with E-state index in [0.717, 1.165) is 63.9 Å². The summed E-state index contributed by atoms with van der Waals surface area (Å²) in [5.41, 5.74) is 1.39. The van der Waals surface area contributed by atoms with E-state index in [4.69, 9.17) is 9.72 Å². The molecule has 0 atom stereocenters. The number of aromatic nitrogens is 2. The molecule has 0 bridgehead atoms. The van der Waals surface area contributed by atoms with Gasteiger partial charge >= 0.3 is 0 Å². The van der Waals surface area contributed by atoms with E-state index < -0.39 is 10.0 Å². The van der Waals surface area contributed by atoms with Crippen LogP contribution in [0.5, 0.6) is 0 Å². The van der Waals surface area contributed by atoms with Gasteiger partial charge in [0, 0.05) is 68.8 Å². The van der Waals surface area contributed by atoms with Crippen LogP contribution in [-0.2, 0) is 14.8 Å². The molecule has 1 aromatic carbocycles. The number of amides is 1. The molecule has 2 N–H and O–H groups in total. The Morgan fingerprint density at radius 3 is 2.29 bits per heavy atom. The van der Waals surface area contributed by atoms with E-state index in [0.29, 0.717) is 43.4 Å². The second kappa shape index (κ2) is 11.9. The number of nitrogens with zero attached hydrogens (tertiary/aromatic N) is 5. The van der Waals surface area contributed by atoms with Crippen LogP contribution in [-0.4, -0.2) is 104 Å². The van der Waals surface area contributed by atoms with Crippen LogP contribution in [0.25, 0.3) is 0 Å². The maximum Gasteiger partial charge on any atom is 0.251 e. The SMILES string of the molecule is CS(=O)(=O)N1CCC(NC(=O)c2ccc(Nc3ccnc(N4CCC(N5CCOCC5)CC4)n3)cc2)CC1. The Balaban J connectivity index is 1.12. The Labute approximate surface area is 224 Å². The molecule has 0 aliphatic carbocycles. The first-order valence-corrected chi connectivity index (χ1v) is 15.2. The first-order chi connectivity index (χ1) is 18.3. The summed E-state index contributed by atoms with van der Waals surface area (Å²) in [6.45, 7) is 6.42. The van der Waals surface area contributed by atoms with Gasteiger partial charge in [0.2, 0.25) is 16.0 Å². The number of carbonyl (C=O) groups is 1. The van der Waals surface area contributed by atoms with Gasteiger partial charge in [-0.2, -0.15) is 4.98 Å². The number of piperidine rings is 2. The maximum atomic E-state index is 12.7. The van der Waals surface area contributed by atoms with Crippen LogP contribution >= 0.6 is 0 Å².